The van der Waals surface area contributed by atoms with E-state index in [0.717, 1.165) is 11.1 Å². The Morgan fingerprint density at radius 2 is 2.17 bits per heavy atom. The Balaban J connectivity index is 2.51. The third kappa shape index (κ3) is 2.43. The molecule has 1 N–H and O–H groups in total. The summed E-state index contributed by atoms with van der Waals surface area (Å²) in [5, 5.41) is 8.65. The van der Waals surface area contributed by atoms with Crippen LogP contribution in [-0.4, -0.2) is 27.9 Å². The summed E-state index contributed by atoms with van der Waals surface area (Å²) in [4.78, 5) is 23.2. The van der Waals surface area contributed by atoms with Crippen molar-refractivity contribution < 1.29 is 14.7 Å². The molecule has 0 fully saturated rings. The van der Waals surface area contributed by atoms with E-state index in [-0.39, 0.29) is 11.5 Å². The van der Waals surface area contributed by atoms with Crippen molar-refractivity contribution in [1.29, 1.82) is 0 Å². The SMILES string of the molecule is CC(C)c1cccc2c1CC(C(=O)O)SCC2=O. The normalized spacial score (nSPS) is 19.5. The lowest BCUT2D eigenvalue weighted by Crippen LogP contribution is -2.19. The molecule has 0 bridgehead atoms. The molecule has 0 spiro atoms. The van der Waals surface area contributed by atoms with Crippen LogP contribution in [0.15, 0.2) is 18.2 Å². The average Bonchev–Trinajstić information content (AvgIpc) is 2.49. The van der Waals surface area contributed by atoms with E-state index in [1.54, 1.807) is 0 Å². The maximum absolute atomic E-state index is 12.0. The maximum Gasteiger partial charge on any atom is 0.316 e. The molecular weight excluding hydrogens is 248 g/mol. The fourth-order valence-corrected chi connectivity index (χ4v) is 3.23. The molecule has 1 aromatic rings. The number of carbonyl (C=O) groups excluding carboxylic acids is 1. The van der Waals surface area contributed by atoms with Crippen LogP contribution in [0.3, 0.4) is 0 Å². The molecule has 1 aliphatic heterocycles. The van der Waals surface area contributed by atoms with Gasteiger partial charge in [0.25, 0.3) is 0 Å². The van der Waals surface area contributed by atoms with Gasteiger partial charge in [-0.1, -0.05) is 32.0 Å². The molecular formula is C14H16O3S. The third-order valence-corrected chi connectivity index (χ3v) is 4.41. The summed E-state index contributed by atoms with van der Waals surface area (Å²) in [6, 6.07) is 5.69. The highest BCUT2D eigenvalue weighted by molar-refractivity contribution is 8.01. The zero-order chi connectivity index (χ0) is 13.3. The third-order valence-electron chi connectivity index (χ3n) is 3.22. The van der Waals surface area contributed by atoms with Gasteiger partial charge in [0.1, 0.15) is 5.25 Å². The van der Waals surface area contributed by atoms with E-state index >= 15 is 0 Å². The fourth-order valence-electron chi connectivity index (χ4n) is 2.29. The Bertz CT molecular complexity index is 494. The molecule has 1 heterocycles. The lowest BCUT2D eigenvalue weighted by Gasteiger charge is -2.16. The number of hydrogen-bond donors (Lipinski definition) is 1. The molecule has 0 saturated carbocycles. The lowest BCUT2D eigenvalue weighted by molar-refractivity contribution is -0.136. The maximum atomic E-state index is 12.0. The first-order valence-corrected chi connectivity index (χ1v) is 7.05. The summed E-state index contributed by atoms with van der Waals surface area (Å²) in [6.07, 6.45) is 0.440. The zero-order valence-corrected chi connectivity index (χ0v) is 11.3. The summed E-state index contributed by atoms with van der Waals surface area (Å²) < 4.78 is 0. The molecule has 96 valence electrons. The standard InChI is InChI=1S/C14H16O3S/c1-8(2)9-4-3-5-10-11(9)6-13(14(16)17)18-7-12(10)15/h3-5,8,13H,6-7H2,1-2H3,(H,16,17). The number of Topliss-reactive ketones (excluding diaryl/α,β-unsaturated/α-hetero) is 1. The van der Waals surface area contributed by atoms with Crippen LogP contribution in [0.4, 0.5) is 0 Å². The molecule has 18 heavy (non-hydrogen) atoms. The molecule has 0 aliphatic carbocycles. The van der Waals surface area contributed by atoms with Crippen LogP contribution >= 0.6 is 11.8 Å². The van der Waals surface area contributed by atoms with Crippen molar-refractivity contribution in [2.75, 3.05) is 5.75 Å². The van der Waals surface area contributed by atoms with E-state index in [4.69, 9.17) is 0 Å². The molecule has 1 atom stereocenters. The van der Waals surface area contributed by atoms with Gasteiger partial charge in [-0.15, -0.1) is 11.8 Å². The highest BCUT2D eigenvalue weighted by Gasteiger charge is 2.28. The number of carboxylic acids is 1. The number of carboxylic acid groups (broad SMARTS) is 1. The second-order valence-corrected chi connectivity index (χ2v) is 5.98. The Kier molecular flexibility index (Phi) is 3.76. The van der Waals surface area contributed by atoms with Gasteiger partial charge in [0.05, 0.1) is 5.75 Å². The second kappa shape index (κ2) is 5.14. The summed E-state index contributed by atoms with van der Waals surface area (Å²) in [5.41, 5.74) is 2.72. The molecule has 0 amide bonds. The van der Waals surface area contributed by atoms with Gasteiger partial charge in [-0.2, -0.15) is 0 Å². The van der Waals surface area contributed by atoms with Crippen LogP contribution < -0.4 is 0 Å². The van der Waals surface area contributed by atoms with Crippen molar-refractivity contribution >= 4 is 23.5 Å². The minimum atomic E-state index is -0.834. The molecule has 2 rings (SSSR count). The number of thioether (sulfide) groups is 1. The Morgan fingerprint density at radius 1 is 1.44 bits per heavy atom. The van der Waals surface area contributed by atoms with E-state index in [9.17, 15) is 14.7 Å². The van der Waals surface area contributed by atoms with Crippen molar-refractivity contribution in [3.63, 3.8) is 0 Å². The molecule has 0 radical (unpaired) electrons. The van der Waals surface area contributed by atoms with Gasteiger partial charge in [0, 0.05) is 5.56 Å². The number of aliphatic carboxylic acids is 1. The fraction of sp³-hybridized carbons (Fsp3) is 0.429. The van der Waals surface area contributed by atoms with Crippen molar-refractivity contribution in [3.05, 3.63) is 34.9 Å². The van der Waals surface area contributed by atoms with Crippen LogP contribution in [0.2, 0.25) is 0 Å². The van der Waals surface area contributed by atoms with Crippen LogP contribution in [-0.2, 0) is 11.2 Å². The van der Waals surface area contributed by atoms with E-state index in [1.165, 1.54) is 11.8 Å². The van der Waals surface area contributed by atoms with Gasteiger partial charge in [0.2, 0.25) is 0 Å². The summed E-state index contributed by atoms with van der Waals surface area (Å²) in [6.45, 7) is 4.13. The van der Waals surface area contributed by atoms with Gasteiger partial charge in [-0.05, 0) is 23.5 Å². The van der Waals surface area contributed by atoms with Crippen molar-refractivity contribution in [3.8, 4) is 0 Å². The Hall–Kier alpha value is -1.29. The molecule has 4 heteroatoms. The Morgan fingerprint density at radius 3 is 2.78 bits per heavy atom. The van der Waals surface area contributed by atoms with Crippen molar-refractivity contribution in [1.82, 2.24) is 0 Å². The zero-order valence-electron chi connectivity index (χ0n) is 10.5. The van der Waals surface area contributed by atoms with Gasteiger partial charge in [-0.3, -0.25) is 9.59 Å². The lowest BCUT2D eigenvalue weighted by atomic mass is 9.89. The number of rotatable bonds is 2. The average molecular weight is 264 g/mol. The second-order valence-electron chi connectivity index (χ2n) is 4.79. The molecule has 1 unspecified atom stereocenters. The van der Waals surface area contributed by atoms with Crippen LogP contribution in [0.25, 0.3) is 0 Å². The molecule has 1 aromatic carbocycles. The van der Waals surface area contributed by atoms with E-state index in [1.807, 2.05) is 18.2 Å². The number of ketones is 1. The quantitative estimate of drug-likeness (QED) is 0.892. The molecule has 3 nitrogen and oxygen atoms in total. The van der Waals surface area contributed by atoms with E-state index in [0.29, 0.717) is 17.9 Å². The number of fused-ring (bicyclic) bond motifs is 1. The predicted octanol–water partition coefficient (Wildman–Crippen LogP) is 2.74. The van der Waals surface area contributed by atoms with E-state index < -0.39 is 11.2 Å². The number of hydrogen-bond acceptors (Lipinski definition) is 3. The smallest absolute Gasteiger partial charge is 0.316 e. The largest absolute Gasteiger partial charge is 0.480 e. The number of benzene rings is 1. The Labute approximate surface area is 111 Å². The van der Waals surface area contributed by atoms with Gasteiger partial charge in [-0.25, -0.2) is 0 Å². The van der Waals surface area contributed by atoms with Crippen molar-refractivity contribution in [2.24, 2.45) is 0 Å². The van der Waals surface area contributed by atoms with Gasteiger partial charge < -0.3 is 5.11 Å². The molecule has 1 aliphatic rings. The first-order chi connectivity index (χ1) is 8.50. The monoisotopic (exact) mass is 264 g/mol. The van der Waals surface area contributed by atoms with Crippen LogP contribution in [0.5, 0.6) is 0 Å². The minimum Gasteiger partial charge on any atom is -0.480 e. The molecule has 0 saturated heterocycles. The first-order valence-electron chi connectivity index (χ1n) is 6.00. The topological polar surface area (TPSA) is 54.4 Å². The summed E-state index contributed by atoms with van der Waals surface area (Å²) >= 11 is 1.23. The predicted molar refractivity (Wildman–Crippen MR) is 72.4 cm³/mol. The highest BCUT2D eigenvalue weighted by Crippen LogP contribution is 2.31. The highest BCUT2D eigenvalue weighted by atomic mass is 32.2. The van der Waals surface area contributed by atoms with Gasteiger partial charge >= 0.3 is 5.97 Å². The first kappa shape index (κ1) is 13.1. The number of carbonyl (C=O) groups is 2. The van der Waals surface area contributed by atoms with Gasteiger partial charge in [0.15, 0.2) is 5.78 Å². The van der Waals surface area contributed by atoms with Crippen LogP contribution in [0.1, 0.15) is 41.3 Å². The van der Waals surface area contributed by atoms with Crippen molar-refractivity contribution in [2.45, 2.75) is 31.4 Å². The summed E-state index contributed by atoms with van der Waals surface area (Å²) in [5.74, 6) is -0.239. The summed E-state index contributed by atoms with van der Waals surface area (Å²) in [7, 11) is 0. The van der Waals surface area contributed by atoms with E-state index in [2.05, 4.69) is 13.8 Å². The van der Waals surface area contributed by atoms with Crippen LogP contribution in [0, 0.1) is 0 Å². The minimum absolute atomic E-state index is 0.0428. The molecule has 0 aromatic heterocycles.